The Bertz CT molecular complexity index is 500. The van der Waals surface area contributed by atoms with Gasteiger partial charge in [0.1, 0.15) is 4.90 Å². The first-order valence-electron chi connectivity index (χ1n) is 6.05. The molecule has 0 amide bonds. The van der Waals surface area contributed by atoms with E-state index in [4.69, 9.17) is 11.6 Å². The van der Waals surface area contributed by atoms with Gasteiger partial charge in [-0.1, -0.05) is 13.3 Å². The molecule has 0 N–H and O–H groups in total. The van der Waals surface area contributed by atoms with Crippen LogP contribution in [0.2, 0.25) is 5.28 Å². The molecule has 1 aliphatic carbocycles. The smallest absolute Gasteiger partial charge is 0.225 e. The Labute approximate surface area is 112 Å². The number of hydrogen-bond donors (Lipinski definition) is 0. The van der Waals surface area contributed by atoms with Crippen molar-refractivity contribution in [1.82, 2.24) is 14.3 Å². The number of sulfonamides is 1. The Balaban J connectivity index is 2.24. The monoisotopic (exact) mass is 289 g/mol. The van der Waals surface area contributed by atoms with Crippen LogP contribution in [-0.4, -0.2) is 35.3 Å². The van der Waals surface area contributed by atoms with Crippen LogP contribution in [0.1, 0.15) is 32.6 Å². The summed E-state index contributed by atoms with van der Waals surface area (Å²) in [6, 6.07) is 0.150. The average Bonchev–Trinajstić information content (AvgIpc) is 3.14. The molecule has 0 saturated heterocycles. The summed E-state index contributed by atoms with van der Waals surface area (Å²) in [4.78, 5) is 7.59. The molecule has 1 aliphatic rings. The molecule has 0 unspecified atom stereocenters. The number of halogens is 1. The van der Waals surface area contributed by atoms with Crippen molar-refractivity contribution in [3.63, 3.8) is 0 Å². The fourth-order valence-corrected chi connectivity index (χ4v) is 3.46. The normalized spacial score (nSPS) is 16.2. The maximum absolute atomic E-state index is 12.4. The SMILES string of the molecule is CCCCN(C1CC1)S(=O)(=O)c1cnc(Cl)nc1. The average molecular weight is 290 g/mol. The summed E-state index contributed by atoms with van der Waals surface area (Å²) in [5.41, 5.74) is 0. The van der Waals surface area contributed by atoms with Crippen LogP contribution in [0.15, 0.2) is 17.3 Å². The van der Waals surface area contributed by atoms with Crippen LogP contribution in [0.3, 0.4) is 0 Å². The van der Waals surface area contributed by atoms with Crippen LogP contribution in [-0.2, 0) is 10.0 Å². The van der Waals surface area contributed by atoms with Crippen LogP contribution in [0.4, 0.5) is 0 Å². The van der Waals surface area contributed by atoms with Gasteiger partial charge in [0.05, 0.1) is 12.4 Å². The highest BCUT2D eigenvalue weighted by atomic mass is 35.5. The molecule has 7 heteroatoms. The number of aromatic nitrogens is 2. The molecule has 0 radical (unpaired) electrons. The number of nitrogens with zero attached hydrogens (tertiary/aromatic N) is 3. The molecule has 0 spiro atoms. The van der Waals surface area contributed by atoms with Crippen molar-refractivity contribution in [1.29, 1.82) is 0 Å². The van der Waals surface area contributed by atoms with E-state index < -0.39 is 10.0 Å². The van der Waals surface area contributed by atoms with Gasteiger partial charge in [0.15, 0.2) is 0 Å². The highest BCUT2D eigenvalue weighted by Gasteiger charge is 2.37. The molecule has 1 heterocycles. The fourth-order valence-electron chi connectivity index (χ4n) is 1.74. The van der Waals surface area contributed by atoms with Crippen molar-refractivity contribution in [3.05, 3.63) is 17.7 Å². The molecule has 0 atom stereocenters. The minimum absolute atomic E-state index is 0.0560. The van der Waals surface area contributed by atoms with E-state index in [0.717, 1.165) is 25.7 Å². The van der Waals surface area contributed by atoms with Gasteiger partial charge >= 0.3 is 0 Å². The molecule has 2 rings (SSSR count). The number of unbranched alkanes of at least 4 members (excludes halogenated alkanes) is 1. The Morgan fingerprint density at radius 3 is 2.50 bits per heavy atom. The van der Waals surface area contributed by atoms with Crippen LogP contribution < -0.4 is 0 Å². The molecule has 1 aromatic heterocycles. The first-order valence-corrected chi connectivity index (χ1v) is 7.87. The largest absolute Gasteiger partial charge is 0.246 e. The van der Waals surface area contributed by atoms with E-state index in [1.165, 1.54) is 12.4 Å². The predicted molar refractivity (Wildman–Crippen MR) is 68.9 cm³/mol. The highest BCUT2D eigenvalue weighted by molar-refractivity contribution is 7.89. The number of hydrogen-bond acceptors (Lipinski definition) is 4. The summed E-state index contributed by atoms with van der Waals surface area (Å²) in [6.45, 7) is 2.61. The summed E-state index contributed by atoms with van der Waals surface area (Å²) >= 11 is 5.57. The summed E-state index contributed by atoms with van der Waals surface area (Å²) in [6.07, 6.45) is 6.26. The van der Waals surface area contributed by atoms with Crippen molar-refractivity contribution in [3.8, 4) is 0 Å². The number of rotatable bonds is 6. The van der Waals surface area contributed by atoms with Gasteiger partial charge in [0.2, 0.25) is 15.3 Å². The lowest BCUT2D eigenvalue weighted by Gasteiger charge is -2.21. The van der Waals surface area contributed by atoms with Crippen molar-refractivity contribution in [2.24, 2.45) is 0 Å². The molecule has 0 aliphatic heterocycles. The van der Waals surface area contributed by atoms with E-state index in [0.29, 0.717) is 6.54 Å². The van der Waals surface area contributed by atoms with Gasteiger partial charge in [0.25, 0.3) is 0 Å². The van der Waals surface area contributed by atoms with Gasteiger partial charge < -0.3 is 0 Å². The van der Waals surface area contributed by atoms with E-state index in [-0.39, 0.29) is 16.2 Å². The third-order valence-electron chi connectivity index (χ3n) is 2.89. The topological polar surface area (TPSA) is 63.2 Å². The van der Waals surface area contributed by atoms with Crippen molar-refractivity contribution in [2.45, 2.75) is 43.5 Å². The maximum Gasteiger partial charge on any atom is 0.246 e. The third kappa shape index (κ3) is 2.99. The highest BCUT2D eigenvalue weighted by Crippen LogP contribution is 2.32. The van der Waals surface area contributed by atoms with Gasteiger partial charge in [-0.25, -0.2) is 18.4 Å². The van der Waals surface area contributed by atoms with Gasteiger partial charge in [-0.3, -0.25) is 0 Å². The van der Waals surface area contributed by atoms with Crippen LogP contribution in [0.5, 0.6) is 0 Å². The van der Waals surface area contributed by atoms with Crippen LogP contribution >= 0.6 is 11.6 Å². The molecule has 0 bridgehead atoms. The first-order chi connectivity index (χ1) is 8.55. The predicted octanol–water partition coefficient (Wildman–Crippen LogP) is 2.08. The summed E-state index contributed by atoms with van der Waals surface area (Å²) in [5, 5.41) is 0.0560. The zero-order valence-electron chi connectivity index (χ0n) is 10.2. The molecule has 18 heavy (non-hydrogen) atoms. The van der Waals surface area contributed by atoms with E-state index in [2.05, 4.69) is 9.97 Å². The Morgan fingerprint density at radius 2 is 2.00 bits per heavy atom. The molecule has 0 aromatic carbocycles. The summed E-state index contributed by atoms with van der Waals surface area (Å²) in [7, 11) is -3.48. The molecular formula is C11H16ClN3O2S. The van der Waals surface area contributed by atoms with E-state index in [9.17, 15) is 8.42 Å². The van der Waals surface area contributed by atoms with Gasteiger partial charge in [0, 0.05) is 12.6 Å². The lowest BCUT2D eigenvalue weighted by molar-refractivity contribution is 0.395. The molecular weight excluding hydrogens is 274 g/mol. The zero-order chi connectivity index (χ0) is 13.2. The second kappa shape index (κ2) is 5.50. The standard InChI is InChI=1S/C11H16ClN3O2S/c1-2-3-6-15(9-4-5-9)18(16,17)10-7-13-11(12)14-8-10/h7-9H,2-6H2,1H3. The first kappa shape index (κ1) is 13.7. The second-order valence-corrected chi connectivity index (χ2v) is 6.62. The molecule has 1 aromatic rings. The van der Waals surface area contributed by atoms with E-state index in [1.54, 1.807) is 4.31 Å². The molecule has 5 nitrogen and oxygen atoms in total. The van der Waals surface area contributed by atoms with Gasteiger partial charge in [-0.2, -0.15) is 4.31 Å². The summed E-state index contributed by atoms with van der Waals surface area (Å²) in [5.74, 6) is 0. The fraction of sp³-hybridized carbons (Fsp3) is 0.636. The van der Waals surface area contributed by atoms with Crippen molar-refractivity contribution >= 4 is 21.6 Å². The third-order valence-corrected chi connectivity index (χ3v) is 4.99. The minimum Gasteiger partial charge on any atom is -0.225 e. The van der Waals surface area contributed by atoms with Crippen molar-refractivity contribution in [2.75, 3.05) is 6.54 Å². The van der Waals surface area contributed by atoms with E-state index in [1.807, 2.05) is 6.92 Å². The lowest BCUT2D eigenvalue weighted by Crippen LogP contribution is -2.34. The Morgan fingerprint density at radius 1 is 1.39 bits per heavy atom. The Kier molecular flexibility index (Phi) is 4.19. The van der Waals surface area contributed by atoms with E-state index >= 15 is 0 Å². The molecule has 1 fully saturated rings. The maximum atomic E-state index is 12.4. The molecule has 100 valence electrons. The lowest BCUT2D eigenvalue weighted by atomic mass is 10.3. The Hall–Kier alpha value is -0.720. The van der Waals surface area contributed by atoms with Crippen LogP contribution in [0.25, 0.3) is 0 Å². The van der Waals surface area contributed by atoms with Gasteiger partial charge in [-0.05, 0) is 30.9 Å². The quantitative estimate of drug-likeness (QED) is 0.752. The van der Waals surface area contributed by atoms with Crippen molar-refractivity contribution < 1.29 is 8.42 Å². The van der Waals surface area contributed by atoms with Gasteiger partial charge in [-0.15, -0.1) is 0 Å². The zero-order valence-corrected chi connectivity index (χ0v) is 11.8. The second-order valence-electron chi connectivity index (χ2n) is 4.39. The summed E-state index contributed by atoms with van der Waals surface area (Å²) < 4.78 is 26.4. The molecule has 1 saturated carbocycles. The van der Waals surface area contributed by atoms with Crippen LogP contribution in [0, 0.1) is 0 Å². The minimum atomic E-state index is -3.48.